The smallest absolute Gasteiger partial charge is 0.356 e. The molecule has 0 aromatic carbocycles. The second kappa shape index (κ2) is 4.82. The van der Waals surface area contributed by atoms with Gasteiger partial charge in [0.2, 0.25) is 0 Å². The quantitative estimate of drug-likeness (QED) is 0.684. The van der Waals surface area contributed by atoms with Gasteiger partial charge in [-0.05, 0) is 6.92 Å². The van der Waals surface area contributed by atoms with E-state index in [-0.39, 0.29) is 5.69 Å². The van der Waals surface area contributed by atoms with Crippen LogP contribution in [-0.4, -0.2) is 27.6 Å². The lowest BCUT2D eigenvalue weighted by Gasteiger charge is -1.99. The molecule has 2 N–H and O–H groups in total. The molecule has 72 valence electrons. The van der Waals surface area contributed by atoms with Crippen LogP contribution in [0.25, 0.3) is 0 Å². The number of carbonyl (C=O) groups is 1. The van der Waals surface area contributed by atoms with Gasteiger partial charge in [0.1, 0.15) is 5.82 Å². The van der Waals surface area contributed by atoms with Crippen molar-refractivity contribution < 1.29 is 9.90 Å². The predicted octanol–water partition coefficient (Wildman–Crippen LogP) is 0.610. The van der Waals surface area contributed by atoms with Crippen molar-refractivity contribution in [3.8, 4) is 11.8 Å². The second-order valence-corrected chi connectivity index (χ2v) is 2.37. The predicted molar refractivity (Wildman–Crippen MR) is 50.9 cm³/mol. The molecule has 0 amide bonds. The summed E-state index contributed by atoms with van der Waals surface area (Å²) in [5, 5.41) is 11.4. The van der Waals surface area contributed by atoms with Crippen LogP contribution in [0.5, 0.6) is 0 Å². The number of aromatic carboxylic acids is 1. The summed E-state index contributed by atoms with van der Waals surface area (Å²) in [7, 11) is 0. The minimum atomic E-state index is -1.09. The minimum Gasteiger partial charge on any atom is -0.476 e. The van der Waals surface area contributed by atoms with Gasteiger partial charge in [-0.2, -0.15) is 0 Å². The molecule has 5 nitrogen and oxygen atoms in total. The van der Waals surface area contributed by atoms with Crippen molar-refractivity contribution in [3.05, 3.63) is 18.1 Å². The number of carboxylic acid groups (broad SMARTS) is 1. The van der Waals surface area contributed by atoms with Gasteiger partial charge in [-0.25, -0.2) is 14.8 Å². The molecular weight excluding hydrogens is 182 g/mol. The number of aromatic nitrogens is 2. The zero-order chi connectivity index (χ0) is 10.4. The number of nitrogens with zero attached hydrogens (tertiary/aromatic N) is 2. The SMILES string of the molecule is CC#CCNc1cnc(C(=O)O)cn1. The van der Waals surface area contributed by atoms with E-state index in [1.165, 1.54) is 12.4 Å². The molecule has 0 aliphatic heterocycles. The average molecular weight is 191 g/mol. The van der Waals surface area contributed by atoms with Crippen molar-refractivity contribution in [2.75, 3.05) is 11.9 Å². The van der Waals surface area contributed by atoms with E-state index in [1.807, 2.05) is 0 Å². The summed E-state index contributed by atoms with van der Waals surface area (Å²) >= 11 is 0. The molecule has 1 heterocycles. The first-order valence-electron chi connectivity index (χ1n) is 3.93. The highest BCUT2D eigenvalue weighted by molar-refractivity contribution is 5.84. The van der Waals surface area contributed by atoms with Gasteiger partial charge in [-0.3, -0.25) is 0 Å². The van der Waals surface area contributed by atoms with E-state index in [9.17, 15) is 4.79 Å². The maximum Gasteiger partial charge on any atom is 0.356 e. The van der Waals surface area contributed by atoms with E-state index in [0.29, 0.717) is 12.4 Å². The van der Waals surface area contributed by atoms with Gasteiger partial charge in [0.05, 0.1) is 18.9 Å². The van der Waals surface area contributed by atoms with E-state index in [2.05, 4.69) is 27.1 Å². The minimum absolute atomic E-state index is 0.0721. The van der Waals surface area contributed by atoms with Crippen molar-refractivity contribution in [2.24, 2.45) is 0 Å². The second-order valence-electron chi connectivity index (χ2n) is 2.37. The highest BCUT2D eigenvalue weighted by Gasteiger charge is 2.03. The molecule has 0 aliphatic carbocycles. The van der Waals surface area contributed by atoms with Crippen LogP contribution in [0.15, 0.2) is 12.4 Å². The maximum absolute atomic E-state index is 10.4. The zero-order valence-corrected chi connectivity index (χ0v) is 7.61. The summed E-state index contributed by atoms with van der Waals surface area (Å²) in [5.74, 6) is 4.93. The van der Waals surface area contributed by atoms with Crippen molar-refractivity contribution in [1.29, 1.82) is 0 Å². The molecule has 0 unspecified atom stereocenters. The van der Waals surface area contributed by atoms with Crippen molar-refractivity contribution in [2.45, 2.75) is 6.92 Å². The van der Waals surface area contributed by atoms with Gasteiger partial charge in [-0.15, -0.1) is 5.92 Å². The standard InChI is InChI=1S/C9H9N3O2/c1-2-3-4-10-8-6-11-7(5-12-8)9(13)14/h5-6H,4H2,1H3,(H,10,12)(H,13,14). The van der Waals surface area contributed by atoms with Crippen LogP contribution in [-0.2, 0) is 0 Å². The summed E-state index contributed by atoms with van der Waals surface area (Å²) in [6.07, 6.45) is 2.56. The van der Waals surface area contributed by atoms with Crippen LogP contribution in [0.1, 0.15) is 17.4 Å². The van der Waals surface area contributed by atoms with E-state index < -0.39 is 5.97 Å². The molecule has 14 heavy (non-hydrogen) atoms. The lowest BCUT2D eigenvalue weighted by Crippen LogP contribution is -2.05. The summed E-state index contributed by atoms with van der Waals surface area (Å²) in [5.41, 5.74) is -0.0721. The number of anilines is 1. The van der Waals surface area contributed by atoms with Gasteiger partial charge in [0.15, 0.2) is 5.69 Å². The molecule has 0 spiro atoms. The molecule has 1 rings (SSSR count). The van der Waals surface area contributed by atoms with Gasteiger partial charge >= 0.3 is 5.97 Å². The lowest BCUT2D eigenvalue weighted by atomic mass is 10.4. The van der Waals surface area contributed by atoms with Crippen LogP contribution in [0.3, 0.4) is 0 Å². The maximum atomic E-state index is 10.4. The molecule has 0 saturated heterocycles. The average Bonchev–Trinajstić information content (AvgIpc) is 2.19. The molecule has 0 aliphatic rings. The number of nitrogens with one attached hydrogen (secondary N) is 1. The molecule has 0 radical (unpaired) electrons. The van der Waals surface area contributed by atoms with Crippen molar-refractivity contribution >= 4 is 11.8 Å². The van der Waals surface area contributed by atoms with Gasteiger partial charge in [0.25, 0.3) is 0 Å². The third-order valence-electron chi connectivity index (χ3n) is 1.41. The Hall–Kier alpha value is -2.09. The monoisotopic (exact) mass is 191 g/mol. The van der Waals surface area contributed by atoms with Gasteiger partial charge in [-0.1, -0.05) is 5.92 Å². The third kappa shape index (κ3) is 2.75. The summed E-state index contributed by atoms with van der Waals surface area (Å²) < 4.78 is 0. The van der Waals surface area contributed by atoms with Crippen LogP contribution >= 0.6 is 0 Å². The van der Waals surface area contributed by atoms with Crippen molar-refractivity contribution in [3.63, 3.8) is 0 Å². The number of hydrogen-bond acceptors (Lipinski definition) is 4. The van der Waals surface area contributed by atoms with Crippen LogP contribution < -0.4 is 5.32 Å². The lowest BCUT2D eigenvalue weighted by molar-refractivity contribution is 0.0690. The molecule has 0 saturated carbocycles. The normalized spacial score (nSPS) is 8.64. The Kier molecular flexibility index (Phi) is 3.44. The Morgan fingerprint density at radius 2 is 2.36 bits per heavy atom. The first-order valence-corrected chi connectivity index (χ1v) is 3.93. The third-order valence-corrected chi connectivity index (χ3v) is 1.41. The fourth-order valence-electron chi connectivity index (χ4n) is 0.753. The molecule has 5 heteroatoms. The Morgan fingerprint density at radius 1 is 1.57 bits per heavy atom. The molecule has 0 atom stereocenters. The topological polar surface area (TPSA) is 75.1 Å². The number of hydrogen-bond donors (Lipinski definition) is 2. The van der Waals surface area contributed by atoms with Crippen LogP contribution in [0, 0.1) is 11.8 Å². The fraction of sp³-hybridized carbons (Fsp3) is 0.222. The molecule has 1 aromatic rings. The molecule has 1 aromatic heterocycles. The van der Waals surface area contributed by atoms with E-state index in [0.717, 1.165) is 0 Å². The summed E-state index contributed by atoms with van der Waals surface area (Å²) in [6.45, 7) is 2.21. The first kappa shape index (κ1) is 9.99. The Balaban J connectivity index is 2.62. The van der Waals surface area contributed by atoms with Crippen molar-refractivity contribution in [1.82, 2.24) is 9.97 Å². The summed E-state index contributed by atoms with van der Waals surface area (Å²) in [4.78, 5) is 18.0. The van der Waals surface area contributed by atoms with E-state index >= 15 is 0 Å². The Morgan fingerprint density at radius 3 is 2.86 bits per heavy atom. The summed E-state index contributed by atoms with van der Waals surface area (Å²) in [6, 6.07) is 0. The van der Waals surface area contributed by atoms with Crippen LogP contribution in [0.2, 0.25) is 0 Å². The molecular formula is C9H9N3O2. The number of carboxylic acids is 1. The molecule has 0 fully saturated rings. The highest BCUT2D eigenvalue weighted by Crippen LogP contribution is 1.99. The van der Waals surface area contributed by atoms with Crippen LogP contribution in [0.4, 0.5) is 5.82 Å². The first-order chi connectivity index (χ1) is 6.74. The van der Waals surface area contributed by atoms with E-state index in [4.69, 9.17) is 5.11 Å². The van der Waals surface area contributed by atoms with Gasteiger partial charge in [0, 0.05) is 0 Å². The highest BCUT2D eigenvalue weighted by atomic mass is 16.4. The molecule has 0 bridgehead atoms. The zero-order valence-electron chi connectivity index (χ0n) is 7.61. The Bertz CT molecular complexity index is 375. The van der Waals surface area contributed by atoms with Gasteiger partial charge < -0.3 is 10.4 Å². The Labute approximate surface area is 81.2 Å². The fourth-order valence-corrected chi connectivity index (χ4v) is 0.753. The largest absolute Gasteiger partial charge is 0.476 e. The number of rotatable bonds is 3. The van der Waals surface area contributed by atoms with E-state index in [1.54, 1.807) is 6.92 Å².